The Morgan fingerprint density at radius 3 is 2.05 bits per heavy atom. The van der Waals surface area contributed by atoms with Gasteiger partial charge in [0.05, 0.1) is 23.5 Å². The van der Waals surface area contributed by atoms with Gasteiger partial charge in [0.2, 0.25) is 0 Å². The van der Waals surface area contributed by atoms with Crippen LogP contribution in [0.2, 0.25) is 0 Å². The largest absolute Gasteiger partial charge is 0.292 e. The molecule has 2 atom stereocenters. The third kappa shape index (κ3) is 7.27. The van der Waals surface area contributed by atoms with Gasteiger partial charge in [0.15, 0.2) is 5.82 Å². The van der Waals surface area contributed by atoms with E-state index in [1.165, 1.54) is 11.1 Å². The summed E-state index contributed by atoms with van der Waals surface area (Å²) in [7, 11) is 0. The Hall–Kier alpha value is -7.33. The Labute approximate surface area is 378 Å². The Kier molecular flexibility index (Phi) is 10.8. The Bertz CT molecular complexity index is 3070. The maximum Gasteiger partial charge on any atom is 0.261 e. The smallest absolute Gasteiger partial charge is 0.261 e. The summed E-state index contributed by atoms with van der Waals surface area (Å²) >= 11 is 0. The minimum absolute atomic E-state index is 0.0241. The first-order chi connectivity index (χ1) is 32.1. The van der Waals surface area contributed by atoms with Crippen LogP contribution in [0.5, 0.6) is 0 Å². The van der Waals surface area contributed by atoms with Crippen molar-refractivity contribution in [1.82, 2.24) is 34.8 Å². The van der Waals surface area contributed by atoms with E-state index in [-0.39, 0.29) is 17.7 Å². The van der Waals surface area contributed by atoms with E-state index in [4.69, 9.17) is 20.1 Å². The molecule has 4 heterocycles. The zero-order valence-electron chi connectivity index (χ0n) is 36.4. The number of aromatic nitrogens is 6. The van der Waals surface area contributed by atoms with Gasteiger partial charge in [0.1, 0.15) is 17.5 Å². The molecule has 11 rings (SSSR count). The molecule has 2 aliphatic rings. The van der Waals surface area contributed by atoms with Crippen molar-refractivity contribution in [3.63, 3.8) is 0 Å². The molecule has 0 amide bonds. The first-order valence-electron chi connectivity index (χ1n) is 22.8. The molecule has 7 aromatic carbocycles. The quantitative estimate of drug-likeness (QED) is 0.113. The summed E-state index contributed by atoms with van der Waals surface area (Å²) in [5.41, 5.74) is 10.6. The van der Waals surface area contributed by atoms with Gasteiger partial charge in [-0.2, -0.15) is 5.06 Å². The number of rotatable bonds is 12. The SMILES string of the molecule is CCCCc1nc2ccc([C@@H]3C[C@@H]4c5ccccc5CCN4O3)cc2c(=O)n1Cc1ccc(-c2ccccc2-c2nnnn2C(c2ccccc2)(c2ccccc2)c2ccccc2)cc1. The van der Waals surface area contributed by atoms with Crippen LogP contribution in [0.15, 0.2) is 187 Å². The van der Waals surface area contributed by atoms with E-state index in [2.05, 4.69) is 163 Å². The van der Waals surface area contributed by atoms with Gasteiger partial charge in [-0.05, 0) is 85.5 Å². The lowest BCUT2D eigenvalue weighted by Crippen LogP contribution is -2.39. The molecule has 320 valence electrons. The van der Waals surface area contributed by atoms with Crippen LogP contribution >= 0.6 is 0 Å². The van der Waals surface area contributed by atoms with Gasteiger partial charge in [-0.25, -0.2) is 9.67 Å². The maximum absolute atomic E-state index is 14.6. The first-order valence-corrected chi connectivity index (χ1v) is 22.8. The number of benzene rings is 7. The normalized spacial score (nSPS) is 16.1. The van der Waals surface area contributed by atoms with E-state index in [0.29, 0.717) is 17.8 Å². The van der Waals surface area contributed by atoms with E-state index in [0.717, 1.165) is 94.5 Å². The van der Waals surface area contributed by atoms with Crippen molar-refractivity contribution in [2.75, 3.05) is 6.54 Å². The molecule has 9 heteroatoms. The molecule has 9 nitrogen and oxygen atoms in total. The molecule has 0 radical (unpaired) electrons. The summed E-state index contributed by atoms with van der Waals surface area (Å²) in [5.74, 6) is 1.45. The third-order valence-electron chi connectivity index (χ3n) is 13.4. The van der Waals surface area contributed by atoms with Crippen LogP contribution < -0.4 is 5.56 Å². The molecule has 0 spiro atoms. The molecule has 0 aliphatic carbocycles. The second kappa shape index (κ2) is 17.3. The highest BCUT2D eigenvalue weighted by Crippen LogP contribution is 2.46. The maximum atomic E-state index is 14.6. The number of nitrogens with zero attached hydrogens (tertiary/aromatic N) is 7. The highest BCUT2D eigenvalue weighted by molar-refractivity contribution is 5.81. The second-order valence-corrected chi connectivity index (χ2v) is 17.2. The molecule has 2 aromatic heterocycles. The third-order valence-corrected chi connectivity index (χ3v) is 13.4. The average Bonchev–Trinajstić information content (AvgIpc) is 4.05. The van der Waals surface area contributed by atoms with E-state index >= 15 is 0 Å². The van der Waals surface area contributed by atoms with Crippen molar-refractivity contribution in [3.05, 3.63) is 237 Å². The predicted octanol–water partition coefficient (Wildman–Crippen LogP) is 10.9. The molecule has 0 saturated carbocycles. The Balaban J connectivity index is 0.941. The van der Waals surface area contributed by atoms with E-state index in [1.807, 2.05) is 45.6 Å². The van der Waals surface area contributed by atoms with Gasteiger partial charge < -0.3 is 0 Å². The van der Waals surface area contributed by atoms with Gasteiger partial charge in [-0.3, -0.25) is 14.2 Å². The predicted molar refractivity (Wildman–Crippen MR) is 255 cm³/mol. The molecule has 1 saturated heterocycles. The lowest BCUT2D eigenvalue weighted by Gasteiger charge is -2.36. The Morgan fingerprint density at radius 2 is 1.35 bits per heavy atom. The standard InChI is InChI=1S/C56H49N7O2/c1-2-3-27-53-57-50-33-32-42(52-37-51-47-25-14-13-17-40(47)34-35-62(51)65-52)36-49(50)55(64)61(53)38-39-28-30-41(31-29-39)46-24-15-16-26-48(46)54-58-59-60-63(54)56(43-18-7-4-8-19-43,44-20-9-5-10-21-44)45-22-11-6-12-23-45/h4-26,28-33,36,51-52H,2-3,27,34-35,37-38H2,1H3/t51-,52+/m1/s1. The van der Waals surface area contributed by atoms with E-state index < -0.39 is 5.54 Å². The van der Waals surface area contributed by atoms with Gasteiger partial charge in [0.25, 0.3) is 5.56 Å². The molecular weight excluding hydrogens is 803 g/mol. The summed E-state index contributed by atoms with van der Waals surface area (Å²) in [6, 6.07) is 63.2. The van der Waals surface area contributed by atoms with E-state index in [1.54, 1.807) is 0 Å². The first kappa shape index (κ1) is 40.4. The highest BCUT2D eigenvalue weighted by atomic mass is 16.7. The molecular formula is C56H49N7O2. The van der Waals surface area contributed by atoms with Crippen molar-refractivity contribution in [2.45, 2.75) is 63.3 Å². The van der Waals surface area contributed by atoms with Crippen molar-refractivity contribution < 1.29 is 4.84 Å². The van der Waals surface area contributed by atoms with Crippen LogP contribution in [0.25, 0.3) is 33.4 Å². The molecule has 0 N–H and O–H groups in total. The van der Waals surface area contributed by atoms with Crippen molar-refractivity contribution >= 4 is 10.9 Å². The highest BCUT2D eigenvalue weighted by Gasteiger charge is 2.42. The lowest BCUT2D eigenvalue weighted by atomic mass is 9.77. The number of hydrogen-bond donors (Lipinski definition) is 0. The summed E-state index contributed by atoms with van der Waals surface area (Å²) in [6.07, 6.45) is 4.36. The lowest BCUT2D eigenvalue weighted by molar-refractivity contribution is -0.167. The van der Waals surface area contributed by atoms with Crippen molar-refractivity contribution in [1.29, 1.82) is 0 Å². The molecule has 0 bridgehead atoms. The number of hydroxylamine groups is 2. The van der Waals surface area contributed by atoms with Crippen LogP contribution in [0.1, 0.15) is 83.1 Å². The average molecular weight is 852 g/mol. The van der Waals surface area contributed by atoms with Crippen LogP contribution in [0, 0.1) is 0 Å². The minimum atomic E-state index is -0.885. The van der Waals surface area contributed by atoms with Gasteiger partial charge >= 0.3 is 0 Å². The summed E-state index contributed by atoms with van der Waals surface area (Å²) < 4.78 is 3.86. The number of unbranched alkanes of at least 4 members (excludes halogenated alkanes) is 1. The monoisotopic (exact) mass is 851 g/mol. The summed E-state index contributed by atoms with van der Waals surface area (Å²) in [5, 5.41) is 16.7. The number of tetrazole rings is 1. The fourth-order valence-electron chi connectivity index (χ4n) is 10.2. The van der Waals surface area contributed by atoms with Crippen LogP contribution in [0.4, 0.5) is 0 Å². The molecule has 65 heavy (non-hydrogen) atoms. The molecule has 1 fully saturated rings. The second-order valence-electron chi connectivity index (χ2n) is 17.2. The number of fused-ring (bicyclic) bond motifs is 4. The summed E-state index contributed by atoms with van der Waals surface area (Å²) in [6.45, 7) is 3.44. The zero-order valence-corrected chi connectivity index (χ0v) is 36.4. The molecule has 2 aliphatic heterocycles. The zero-order chi connectivity index (χ0) is 43.7. The number of aryl methyl sites for hydroxylation is 1. The number of hydrogen-bond acceptors (Lipinski definition) is 7. The van der Waals surface area contributed by atoms with Gasteiger partial charge in [-0.15, -0.1) is 5.10 Å². The van der Waals surface area contributed by atoms with Crippen molar-refractivity contribution in [2.24, 2.45) is 0 Å². The molecule has 0 unspecified atom stereocenters. The molecule has 9 aromatic rings. The fourth-order valence-corrected chi connectivity index (χ4v) is 10.2. The van der Waals surface area contributed by atoms with Crippen LogP contribution in [-0.4, -0.2) is 41.4 Å². The minimum Gasteiger partial charge on any atom is -0.292 e. The van der Waals surface area contributed by atoms with Gasteiger partial charge in [0, 0.05) is 24.9 Å². The van der Waals surface area contributed by atoms with Crippen molar-refractivity contribution in [3.8, 4) is 22.5 Å². The topological polar surface area (TPSA) is 91.0 Å². The summed E-state index contributed by atoms with van der Waals surface area (Å²) in [4.78, 5) is 26.3. The van der Waals surface area contributed by atoms with Crippen LogP contribution in [-0.2, 0) is 29.8 Å². The van der Waals surface area contributed by atoms with Gasteiger partial charge in [-0.1, -0.05) is 183 Å². The Morgan fingerprint density at radius 1 is 0.708 bits per heavy atom. The van der Waals surface area contributed by atoms with E-state index in [9.17, 15) is 4.79 Å². The van der Waals surface area contributed by atoms with Crippen LogP contribution in [0.3, 0.4) is 0 Å². The fraction of sp³-hybridized carbons (Fsp3) is 0.196.